The predicted octanol–water partition coefficient (Wildman–Crippen LogP) is 3.65. The standard InChI is InChI=1S/C27H33N3O3/c1-25(2)18-30(15-14-27(25,19-31)22-12-10-20(17-28)11-13-22)23(32)16-26(3,4)29-24(33)21-8-6-5-7-9-21/h5-13,31H,14-16,18-19H2,1-4H3,(H,29,33). The zero-order valence-corrected chi connectivity index (χ0v) is 19.9. The van der Waals surface area contributed by atoms with Gasteiger partial charge >= 0.3 is 0 Å². The number of amides is 2. The summed E-state index contributed by atoms with van der Waals surface area (Å²) in [4.78, 5) is 27.6. The van der Waals surface area contributed by atoms with Gasteiger partial charge in [0.2, 0.25) is 5.91 Å². The minimum absolute atomic E-state index is 0.0206. The zero-order chi connectivity index (χ0) is 24.3. The average molecular weight is 448 g/mol. The van der Waals surface area contributed by atoms with E-state index in [-0.39, 0.29) is 30.3 Å². The minimum Gasteiger partial charge on any atom is -0.395 e. The Morgan fingerprint density at radius 3 is 2.30 bits per heavy atom. The first-order valence-electron chi connectivity index (χ1n) is 11.3. The van der Waals surface area contributed by atoms with Crippen LogP contribution in [0.25, 0.3) is 0 Å². The summed E-state index contributed by atoms with van der Waals surface area (Å²) in [7, 11) is 0. The van der Waals surface area contributed by atoms with Crippen molar-refractivity contribution in [3.05, 3.63) is 71.3 Å². The largest absolute Gasteiger partial charge is 0.395 e. The Morgan fingerprint density at radius 1 is 1.12 bits per heavy atom. The van der Waals surface area contributed by atoms with Crippen LogP contribution in [0.5, 0.6) is 0 Å². The van der Waals surface area contributed by atoms with Gasteiger partial charge in [-0.3, -0.25) is 9.59 Å². The maximum absolute atomic E-state index is 13.2. The number of aliphatic hydroxyl groups is 1. The number of rotatable bonds is 6. The fourth-order valence-electron chi connectivity index (χ4n) is 4.87. The highest BCUT2D eigenvalue weighted by Gasteiger charge is 2.50. The normalized spacial score (nSPS) is 20.1. The van der Waals surface area contributed by atoms with Crippen molar-refractivity contribution in [2.75, 3.05) is 19.7 Å². The summed E-state index contributed by atoms with van der Waals surface area (Å²) in [6.45, 7) is 8.84. The van der Waals surface area contributed by atoms with Gasteiger partial charge in [0.05, 0.1) is 18.2 Å². The molecule has 0 radical (unpaired) electrons. The summed E-state index contributed by atoms with van der Waals surface area (Å²) in [5.74, 6) is -0.222. The van der Waals surface area contributed by atoms with E-state index in [0.717, 1.165) is 5.56 Å². The summed E-state index contributed by atoms with van der Waals surface area (Å²) in [5.41, 5.74) is 0.531. The van der Waals surface area contributed by atoms with Gasteiger partial charge < -0.3 is 15.3 Å². The van der Waals surface area contributed by atoms with Crippen LogP contribution in [0.2, 0.25) is 0 Å². The molecule has 6 heteroatoms. The average Bonchev–Trinajstić information content (AvgIpc) is 2.78. The lowest BCUT2D eigenvalue weighted by atomic mass is 9.58. The van der Waals surface area contributed by atoms with Crippen molar-refractivity contribution in [1.82, 2.24) is 10.2 Å². The quantitative estimate of drug-likeness (QED) is 0.707. The smallest absolute Gasteiger partial charge is 0.251 e. The first-order valence-corrected chi connectivity index (χ1v) is 11.3. The molecule has 0 aliphatic carbocycles. The van der Waals surface area contributed by atoms with E-state index in [0.29, 0.717) is 30.6 Å². The van der Waals surface area contributed by atoms with Crippen molar-refractivity contribution in [3.8, 4) is 6.07 Å². The van der Waals surface area contributed by atoms with Crippen LogP contribution in [-0.4, -0.2) is 47.1 Å². The van der Waals surface area contributed by atoms with E-state index in [9.17, 15) is 14.7 Å². The molecular formula is C27H33N3O3. The van der Waals surface area contributed by atoms with Crippen molar-refractivity contribution in [3.63, 3.8) is 0 Å². The van der Waals surface area contributed by atoms with Crippen molar-refractivity contribution < 1.29 is 14.7 Å². The molecule has 1 aliphatic rings. The Morgan fingerprint density at radius 2 is 1.76 bits per heavy atom. The van der Waals surface area contributed by atoms with Gasteiger partial charge in [0.25, 0.3) is 5.91 Å². The molecule has 2 amide bonds. The van der Waals surface area contributed by atoms with E-state index in [1.807, 2.05) is 49.1 Å². The number of aliphatic hydroxyl groups excluding tert-OH is 1. The highest BCUT2D eigenvalue weighted by Crippen LogP contribution is 2.48. The van der Waals surface area contributed by atoms with Crippen LogP contribution in [-0.2, 0) is 10.2 Å². The molecule has 2 aromatic rings. The van der Waals surface area contributed by atoms with Gasteiger partial charge in [0.1, 0.15) is 0 Å². The molecule has 1 fully saturated rings. The minimum atomic E-state index is -0.702. The molecule has 1 heterocycles. The third-order valence-electron chi connectivity index (χ3n) is 6.96. The van der Waals surface area contributed by atoms with Gasteiger partial charge in [-0.1, -0.05) is 44.2 Å². The van der Waals surface area contributed by atoms with Crippen LogP contribution >= 0.6 is 0 Å². The van der Waals surface area contributed by atoms with Gasteiger partial charge in [0.15, 0.2) is 0 Å². The molecule has 2 aromatic carbocycles. The molecule has 6 nitrogen and oxygen atoms in total. The first kappa shape index (κ1) is 24.5. The second-order valence-corrected chi connectivity index (χ2v) is 10.3. The molecule has 33 heavy (non-hydrogen) atoms. The monoisotopic (exact) mass is 447 g/mol. The van der Waals surface area contributed by atoms with Crippen LogP contribution in [0.4, 0.5) is 0 Å². The van der Waals surface area contributed by atoms with Gasteiger partial charge in [0, 0.05) is 36.0 Å². The highest BCUT2D eigenvalue weighted by atomic mass is 16.3. The molecule has 1 unspecified atom stereocenters. The van der Waals surface area contributed by atoms with Gasteiger partial charge in [-0.05, 0) is 55.5 Å². The summed E-state index contributed by atoms with van der Waals surface area (Å²) in [5, 5.41) is 22.5. The van der Waals surface area contributed by atoms with Gasteiger partial charge in [-0.15, -0.1) is 0 Å². The number of carbonyl (C=O) groups is 2. The number of carbonyl (C=O) groups excluding carboxylic acids is 2. The Labute approximate surface area is 196 Å². The number of likely N-dealkylation sites (tertiary alicyclic amines) is 1. The first-order chi connectivity index (χ1) is 15.5. The lowest BCUT2D eigenvalue weighted by Gasteiger charge is -2.53. The Bertz CT molecular complexity index is 1040. The highest BCUT2D eigenvalue weighted by molar-refractivity contribution is 5.95. The van der Waals surface area contributed by atoms with Crippen molar-refractivity contribution in [2.45, 2.75) is 51.5 Å². The SMILES string of the molecule is CC(C)(CC(=O)N1CCC(CO)(c2ccc(C#N)cc2)C(C)(C)C1)NC(=O)c1ccccc1. The zero-order valence-electron chi connectivity index (χ0n) is 19.9. The molecule has 1 saturated heterocycles. The van der Waals surface area contributed by atoms with E-state index in [1.165, 1.54) is 0 Å². The summed E-state index contributed by atoms with van der Waals surface area (Å²) >= 11 is 0. The fraction of sp³-hybridized carbons (Fsp3) is 0.444. The van der Waals surface area contributed by atoms with E-state index in [2.05, 4.69) is 25.2 Å². The molecule has 3 rings (SSSR count). The molecule has 1 aliphatic heterocycles. The molecule has 0 bridgehead atoms. The van der Waals surface area contributed by atoms with Crippen molar-refractivity contribution >= 4 is 11.8 Å². The Kier molecular flexibility index (Phi) is 6.94. The topological polar surface area (TPSA) is 93.4 Å². The number of nitriles is 1. The summed E-state index contributed by atoms with van der Waals surface area (Å²) < 4.78 is 0. The van der Waals surface area contributed by atoms with Crippen LogP contribution in [0.3, 0.4) is 0 Å². The van der Waals surface area contributed by atoms with Crippen LogP contribution in [0, 0.1) is 16.7 Å². The van der Waals surface area contributed by atoms with Crippen LogP contribution in [0.1, 0.15) is 62.0 Å². The summed E-state index contributed by atoms with van der Waals surface area (Å²) in [6, 6.07) is 18.5. The van der Waals surface area contributed by atoms with Crippen LogP contribution < -0.4 is 5.32 Å². The molecular weight excluding hydrogens is 414 g/mol. The van der Waals surface area contributed by atoms with E-state index in [1.54, 1.807) is 24.3 Å². The Balaban J connectivity index is 1.71. The molecule has 0 saturated carbocycles. The van der Waals surface area contributed by atoms with Gasteiger partial charge in [-0.2, -0.15) is 5.26 Å². The number of benzene rings is 2. The number of piperidine rings is 1. The van der Waals surface area contributed by atoms with Crippen molar-refractivity contribution in [2.24, 2.45) is 5.41 Å². The maximum Gasteiger partial charge on any atom is 0.251 e. The molecule has 0 aromatic heterocycles. The number of hydrogen-bond donors (Lipinski definition) is 2. The second kappa shape index (κ2) is 9.36. The van der Waals surface area contributed by atoms with E-state index in [4.69, 9.17) is 5.26 Å². The second-order valence-electron chi connectivity index (χ2n) is 10.3. The van der Waals surface area contributed by atoms with Crippen molar-refractivity contribution in [1.29, 1.82) is 5.26 Å². The molecule has 0 spiro atoms. The third kappa shape index (κ3) is 5.09. The lowest BCUT2D eigenvalue weighted by Crippen LogP contribution is -2.59. The fourth-order valence-corrected chi connectivity index (χ4v) is 4.87. The van der Waals surface area contributed by atoms with E-state index < -0.39 is 11.0 Å². The van der Waals surface area contributed by atoms with Gasteiger partial charge in [-0.25, -0.2) is 0 Å². The summed E-state index contributed by atoms with van der Waals surface area (Å²) in [6.07, 6.45) is 0.801. The van der Waals surface area contributed by atoms with Crippen LogP contribution in [0.15, 0.2) is 54.6 Å². The number of nitrogens with zero attached hydrogens (tertiary/aromatic N) is 2. The molecule has 1 atom stereocenters. The Hall–Kier alpha value is -3.17. The lowest BCUT2D eigenvalue weighted by molar-refractivity contribution is -0.138. The predicted molar refractivity (Wildman–Crippen MR) is 128 cm³/mol. The number of nitrogens with one attached hydrogen (secondary N) is 1. The molecule has 2 N–H and O–H groups in total. The number of hydrogen-bond acceptors (Lipinski definition) is 4. The maximum atomic E-state index is 13.2. The third-order valence-corrected chi connectivity index (χ3v) is 6.96. The molecule has 174 valence electrons. The van der Waals surface area contributed by atoms with E-state index >= 15 is 0 Å².